The van der Waals surface area contributed by atoms with Crippen LogP contribution in [0.5, 0.6) is 5.75 Å². The molecule has 3 nitrogen and oxygen atoms in total. The molecular formula is C15H16N2OS. The molecule has 98 valence electrons. The first kappa shape index (κ1) is 13.5. The topological polar surface area (TPSA) is 48.1 Å². The number of rotatable bonds is 3. The molecule has 4 heteroatoms. The second-order valence-corrected chi connectivity index (χ2v) is 4.84. The third-order valence-electron chi connectivity index (χ3n) is 2.98. The molecule has 2 rings (SSSR count). The first-order valence-corrected chi connectivity index (χ1v) is 6.36. The smallest absolute Gasteiger partial charge is 0.128 e. The molecule has 0 saturated carbocycles. The van der Waals surface area contributed by atoms with Crippen molar-refractivity contribution in [3.05, 3.63) is 47.2 Å². The summed E-state index contributed by atoms with van der Waals surface area (Å²) in [4.78, 5) is 4.94. The number of hydrogen-bond acceptors (Lipinski definition) is 3. The minimum absolute atomic E-state index is 0.368. The van der Waals surface area contributed by atoms with Gasteiger partial charge in [-0.3, -0.25) is 4.98 Å². The van der Waals surface area contributed by atoms with Crippen LogP contribution in [0.15, 0.2) is 30.3 Å². The van der Waals surface area contributed by atoms with Crippen LogP contribution in [-0.4, -0.2) is 17.1 Å². The van der Waals surface area contributed by atoms with Crippen molar-refractivity contribution in [3.8, 4) is 17.0 Å². The number of nitrogens with zero attached hydrogens (tertiary/aromatic N) is 1. The van der Waals surface area contributed by atoms with Gasteiger partial charge in [-0.25, -0.2) is 0 Å². The van der Waals surface area contributed by atoms with E-state index in [2.05, 4.69) is 11.1 Å². The molecule has 0 aliphatic rings. The maximum atomic E-state index is 5.65. The third kappa shape index (κ3) is 2.74. The molecule has 0 saturated heterocycles. The van der Waals surface area contributed by atoms with E-state index in [0.717, 1.165) is 33.8 Å². The highest BCUT2D eigenvalue weighted by atomic mass is 32.1. The SMILES string of the molecule is COc1ccc(C)cc1-c1ccc(C(N)=S)c(C)n1. The highest BCUT2D eigenvalue weighted by Crippen LogP contribution is 2.30. The Bertz CT molecular complexity index is 638. The predicted molar refractivity (Wildman–Crippen MR) is 81.6 cm³/mol. The zero-order valence-electron chi connectivity index (χ0n) is 11.2. The number of methoxy groups -OCH3 is 1. The summed E-state index contributed by atoms with van der Waals surface area (Å²) in [6.45, 7) is 3.94. The number of benzene rings is 1. The van der Waals surface area contributed by atoms with Gasteiger partial charge in [0.05, 0.1) is 12.8 Å². The van der Waals surface area contributed by atoms with E-state index in [1.807, 2.05) is 38.1 Å². The Kier molecular flexibility index (Phi) is 3.81. The summed E-state index contributed by atoms with van der Waals surface area (Å²) < 4.78 is 5.38. The average Bonchev–Trinajstić information content (AvgIpc) is 2.38. The lowest BCUT2D eigenvalue weighted by atomic mass is 10.1. The monoisotopic (exact) mass is 272 g/mol. The van der Waals surface area contributed by atoms with Gasteiger partial charge in [0, 0.05) is 16.8 Å². The normalized spacial score (nSPS) is 10.3. The fourth-order valence-corrected chi connectivity index (χ4v) is 2.21. The third-order valence-corrected chi connectivity index (χ3v) is 3.20. The fraction of sp³-hybridized carbons (Fsp3) is 0.200. The Morgan fingerprint density at radius 1 is 1.21 bits per heavy atom. The number of nitrogens with two attached hydrogens (primary N) is 1. The van der Waals surface area contributed by atoms with Crippen LogP contribution in [0.4, 0.5) is 0 Å². The van der Waals surface area contributed by atoms with Crippen LogP contribution in [0, 0.1) is 13.8 Å². The summed E-state index contributed by atoms with van der Waals surface area (Å²) in [5.74, 6) is 0.806. The summed E-state index contributed by atoms with van der Waals surface area (Å²) >= 11 is 4.99. The van der Waals surface area contributed by atoms with Crippen LogP contribution < -0.4 is 10.5 Å². The molecule has 0 spiro atoms. The van der Waals surface area contributed by atoms with Gasteiger partial charge in [0.25, 0.3) is 0 Å². The molecule has 0 radical (unpaired) electrons. The first-order chi connectivity index (χ1) is 9.02. The molecule has 0 aliphatic heterocycles. The molecule has 0 amide bonds. The van der Waals surface area contributed by atoms with Crippen molar-refractivity contribution >= 4 is 17.2 Å². The second kappa shape index (κ2) is 5.36. The molecule has 0 atom stereocenters. The van der Waals surface area contributed by atoms with E-state index >= 15 is 0 Å². The van der Waals surface area contributed by atoms with Gasteiger partial charge in [0.2, 0.25) is 0 Å². The van der Waals surface area contributed by atoms with Crippen molar-refractivity contribution in [2.75, 3.05) is 7.11 Å². The highest BCUT2D eigenvalue weighted by Gasteiger charge is 2.10. The molecule has 2 aromatic rings. The molecular weight excluding hydrogens is 256 g/mol. The van der Waals surface area contributed by atoms with Crippen molar-refractivity contribution in [1.29, 1.82) is 0 Å². The quantitative estimate of drug-likeness (QED) is 0.873. The largest absolute Gasteiger partial charge is 0.496 e. The van der Waals surface area contributed by atoms with E-state index in [1.165, 1.54) is 0 Å². The summed E-state index contributed by atoms with van der Waals surface area (Å²) in [5.41, 5.74) is 10.3. The Morgan fingerprint density at radius 3 is 2.53 bits per heavy atom. The lowest BCUT2D eigenvalue weighted by Crippen LogP contribution is -2.12. The van der Waals surface area contributed by atoms with E-state index in [4.69, 9.17) is 22.7 Å². The van der Waals surface area contributed by atoms with Crippen molar-refractivity contribution < 1.29 is 4.74 Å². The molecule has 0 aliphatic carbocycles. The minimum atomic E-state index is 0.368. The van der Waals surface area contributed by atoms with Gasteiger partial charge in [-0.1, -0.05) is 23.8 Å². The van der Waals surface area contributed by atoms with Crippen molar-refractivity contribution in [2.45, 2.75) is 13.8 Å². The second-order valence-electron chi connectivity index (χ2n) is 4.40. The van der Waals surface area contributed by atoms with E-state index in [0.29, 0.717) is 4.99 Å². The Balaban J connectivity index is 2.56. The van der Waals surface area contributed by atoms with Crippen LogP contribution in [0.3, 0.4) is 0 Å². The number of hydrogen-bond donors (Lipinski definition) is 1. The van der Waals surface area contributed by atoms with Crippen molar-refractivity contribution in [3.63, 3.8) is 0 Å². The van der Waals surface area contributed by atoms with Crippen molar-refractivity contribution in [1.82, 2.24) is 4.98 Å². The number of ether oxygens (including phenoxy) is 1. The number of pyridine rings is 1. The fourth-order valence-electron chi connectivity index (χ4n) is 1.99. The van der Waals surface area contributed by atoms with Crippen LogP contribution in [0.2, 0.25) is 0 Å². The molecule has 2 N–H and O–H groups in total. The van der Waals surface area contributed by atoms with Gasteiger partial charge >= 0.3 is 0 Å². The van der Waals surface area contributed by atoms with Crippen LogP contribution >= 0.6 is 12.2 Å². The summed E-state index contributed by atoms with van der Waals surface area (Å²) in [6.07, 6.45) is 0. The molecule has 1 aromatic heterocycles. The molecule has 0 bridgehead atoms. The van der Waals surface area contributed by atoms with Crippen molar-refractivity contribution in [2.24, 2.45) is 5.73 Å². The molecule has 0 fully saturated rings. The minimum Gasteiger partial charge on any atom is -0.496 e. The lowest BCUT2D eigenvalue weighted by Gasteiger charge is -2.11. The maximum absolute atomic E-state index is 5.65. The van der Waals surface area contributed by atoms with Gasteiger partial charge in [-0.05, 0) is 38.1 Å². The maximum Gasteiger partial charge on any atom is 0.128 e. The van der Waals surface area contributed by atoms with E-state index < -0.39 is 0 Å². The van der Waals surface area contributed by atoms with Gasteiger partial charge in [-0.2, -0.15) is 0 Å². The standard InChI is InChI=1S/C15H16N2OS/c1-9-4-7-14(18-3)12(8-9)13-6-5-11(15(16)19)10(2)17-13/h4-8H,1-3H3,(H2,16,19). The Hall–Kier alpha value is -1.94. The van der Waals surface area contributed by atoms with E-state index in [1.54, 1.807) is 7.11 Å². The zero-order valence-corrected chi connectivity index (χ0v) is 12.0. The van der Waals surface area contributed by atoms with Crippen LogP contribution in [0.25, 0.3) is 11.3 Å². The average molecular weight is 272 g/mol. The van der Waals surface area contributed by atoms with E-state index in [-0.39, 0.29) is 0 Å². The van der Waals surface area contributed by atoms with Gasteiger partial charge < -0.3 is 10.5 Å². The predicted octanol–water partition coefficient (Wildman–Crippen LogP) is 3.01. The van der Waals surface area contributed by atoms with Crippen LogP contribution in [0.1, 0.15) is 16.8 Å². The molecule has 19 heavy (non-hydrogen) atoms. The first-order valence-electron chi connectivity index (χ1n) is 5.95. The van der Waals surface area contributed by atoms with E-state index in [9.17, 15) is 0 Å². The zero-order chi connectivity index (χ0) is 14.0. The summed E-state index contributed by atoms with van der Waals surface area (Å²) in [6, 6.07) is 9.84. The number of aryl methyl sites for hydroxylation is 2. The summed E-state index contributed by atoms with van der Waals surface area (Å²) in [5, 5.41) is 0. The number of aromatic nitrogens is 1. The molecule has 1 aromatic carbocycles. The lowest BCUT2D eigenvalue weighted by molar-refractivity contribution is 0.416. The summed E-state index contributed by atoms with van der Waals surface area (Å²) in [7, 11) is 1.66. The van der Waals surface area contributed by atoms with Crippen LogP contribution in [-0.2, 0) is 0 Å². The Morgan fingerprint density at radius 2 is 1.95 bits per heavy atom. The van der Waals surface area contributed by atoms with Gasteiger partial charge in [0.15, 0.2) is 0 Å². The molecule has 1 heterocycles. The Labute approximate surface area is 118 Å². The molecule has 0 unspecified atom stereocenters. The van der Waals surface area contributed by atoms with Gasteiger partial charge in [0.1, 0.15) is 10.7 Å². The van der Waals surface area contributed by atoms with Gasteiger partial charge in [-0.15, -0.1) is 0 Å². The highest BCUT2D eigenvalue weighted by molar-refractivity contribution is 7.80. The number of thiocarbonyl (C=S) groups is 1.